The van der Waals surface area contributed by atoms with Gasteiger partial charge in [0.05, 0.1) is 16.4 Å². The van der Waals surface area contributed by atoms with Crippen LogP contribution in [0.3, 0.4) is 0 Å². The van der Waals surface area contributed by atoms with Crippen molar-refractivity contribution in [2.45, 2.75) is 25.8 Å². The average molecular weight is 342 g/mol. The molecule has 7 heteroatoms. The quantitative estimate of drug-likeness (QED) is 0.815. The van der Waals surface area contributed by atoms with Gasteiger partial charge in [-0.05, 0) is 36.8 Å². The number of rotatable bonds is 2. The number of piperazine rings is 1. The van der Waals surface area contributed by atoms with Gasteiger partial charge in [0.15, 0.2) is 0 Å². The normalized spacial score (nSPS) is 23.6. The van der Waals surface area contributed by atoms with E-state index in [2.05, 4.69) is 4.90 Å². The molecule has 0 saturated carbocycles. The second-order valence-corrected chi connectivity index (χ2v) is 9.41. The minimum Gasteiger partial charge on any atom is -0.335 e. The van der Waals surface area contributed by atoms with Gasteiger partial charge in [-0.15, -0.1) is 11.3 Å². The number of aryl methyl sites for hydroxylation is 1. The molecule has 0 unspecified atom stereocenters. The SMILES string of the molecule is Cc1csc(C(=O)N2CCN(C3CCS(=O)(=O)CC3)CC2)c1. The Balaban J connectivity index is 1.53. The van der Waals surface area contributed by atoms with Crippen LogP contribution >= 0.6 is 11.3 Å². The molecule has 22 heavy (non-hydrogen) atoms. The van der Waals surface area contributed by atoms with Crippen molar-refractivity contribution in [1.29, 1.82) is 0 Å². The van der Waals surface area contributed by atoms with Crippen LogP contribution in [0.1, 0.15) is 28.1 Å². The van der Waals surface area contributed by atoms with E-state index >= 15 is 0 Å². The van der Waals surface area contributed by atoms with Gasteiger partial charge >= 0.3 is 0 Å². The molecule has 1 aromatic rings. The Morgan fingerprint density at radius 1 is 1.18 bits per heavy atom. The van der Waals surface area contributed by atoms with Crippen molar-refractivity contribution in [2.24, 2.45) is 0 Å². The standard InChI is InChI=1S/C15H22N2O3S2/c1-12-10-14(21-11-12)15(18)17-6-4-16(5-7-17)13-2-8-22(19,20)9-3-13/h10-11,13H,2-9H2,1H3. The number of hydrogen-bond donors (Lipinski definition) is 0. The van der Waals surface area contributed by atoms with E-state index in [4.69, 9.17) is 0 Å². The molecule has 0 atom stereocenters. The highest BCUT2D eigenvalue weighted by molar-refractivity contribution is 7.91. The van der Waals surface area contributed by atoms with Crippen molar-refractivity contribution >= 4 is 27.1 Å². The van der Waals surface area contributed by atoms with Crippen molar-refractivity contribution < 1.29 is 13.2 Å². The van der Waals surface area contributed by atoms with Crippen LogP contribution in [0.5, 0.6) is 0 Å². The molecule has 1 aromatic heterocycles. The summed E-state index contributed by atoms with van der Waals surface area (Å²) >= 11 is 1.51. The molecular weight excluding hydrogens is 320 g/mol. The molecule has 2 aliphatic rings. The maximum absolute atomic E-state index is 12.4. The van der Waals surface area contributed by atoms with Crippen LogP contribution in [0.4, 0.5) is 0 Å². The fraction of sp³-hybridized carbons (Fsp3) is 0.667. The van der Waals surface area contributed by atoms with Crippen LogP contribution in [0.25, 0.3) is 0 Å². The molecule has 3 heterocycles. The summed E-state index contributed by atoms with van der Waals surface area (Å²) in [7, 11) is -2.80. The number of nitrogens with zero attached hydrogens (tertiary/aromatic N) is 2. The van der Waals surface area contributed by atoms with Gasteiger partial charge in [0.2, 0.25) is 0 Å². The summed E-state index contributed by atoms with van der Waals surface area (Å²) < 4.78 is 23.0. The monoisotopic (exact) mass is 342 g/mol. The van der Waals surface area contributed by atoms with E-state index in [9.17, 15) is 13.2 Å². The Bertz CT molecular complexity index is 631. The second kappa shape index (κ2) is 6.29. The van der Waals surface area contributed by atoms with Crippen molar-refractivity contribution in [3.05, 3.63) is 21.9 Å². The number of amides is 1. The van der Waals surface area contributed by atoms with Crippen molar-refractivity contribution in [3.63, 3.8) is 0 Å². The third-order valence-electron chi connectivity index (χ3n) is 4.58. The summed E-state index contributed by atoms with van der Waals surface area (Å²) in [6.45, 7) is 5.17. The van der Waals surface area contributed by atoms with Crippen LogP contribution < -0.4 is 0 Å². The van der Waals surface area contributed by atoms with Gasteiger partial charge in [-0.2, -0.15) is 0 Å². The lowest BCUT2D eigenvalue weighted by Crippen LogP contribution is -2.53. The molecule has 0 aromatic carbocycles. The van der Waals surface area contributed by atoms with Gasteiger partial charge < -0.3 is 4.90 Å². The first-order valence-electron chi connectivity index (χ1n) is 7.73. The third kappa shape index (κ3) is 3.52. The van der Waals surface area contributed by atoms with Crippen LogP contribution in [-0.2, 0) is 9.84 Å². The Morgan fingerprint density at radius 2 is 1.82 bits per heavy atom. The lowest BCUT2D eigenvalue weighted by atomic mass is 10.1. The Labute approximate surface area is 135 Å². The van der Waals surface area contributed by atoms with Crippen molar-refractivity contribution in [2.75, 3.05) is 37.7 Å². The van der Waals surface area contributed by atoms with Gasteiger partial charge in [0.1, 0.15) is 9.84 Å². The van der Waals surface area contributed by atoms with Crippen molar-refractivity contribution in [1.82, 2.24) is 9.80 Å². The topological polar surface area (TPSA) is 57.7 Å². The highest BCUT2D eigenvalue weighted by atomic mass is 32.2. The molecule has 2 fully saturated rings. The second-order valence-electron chi connectivity index (χ2n) is 6.20. The van der Waals surface area contributed by atoms with E-state index in [0.717, 1.165) is 49.5 Å². The maximum atomic E-state index is 12.4. The molecule has 0 aliphatic carbocycles. The van der Waals surface area contributed by atoms with Crippen LogP contribution in [0.15, 0.2) is 11.4 Å². The third-order valence-corrected chi connectivity index (χ3v) is 7.33. The highest BCUT2D eigenvalue weighted by Gasteiger charge is 2.31. The molecule has 0 radical (unpaired) electrons. The number of carbonyl (C=O) groups excluding carboxylic acids is 1. The molecule has 2 saturated heterocycles. The fourth-order valence-corrected chi connectivity index (χ4v) is 5.56. The summed E-state index contributed by atoms with van der Waals surface area (Å²) in [5, 5.41) is 2.01. The highest BCUT2D eigenvalue weighted by Crippen LogP contribution is 2.21. The number of thiophene rings is 1. The zero-order valence-electron chi connectivity index (χ0n) is 12.8. The first kappa shape index (κ1) is 16.0. The number of hydrogen-bond acceptors (Lipinski definition) is 5. The molecule has 0 bridgehead atoms. The van der Waals surface area contributed by atoms with Crippen molar-refractivity contribution in [3.8, 4) is 0 Å². The molecular formula is C15H22N2O3S2. The molecule has 2 aliphatic heterocycles. The Morgan fingerprint density at radius 3 is 2.36 bits per heavy atom. The van der Waals surface area contributed by atoms with Gasteiger partial charge in [0, 0.05) is 32.2 Å². The van der Waals surface area contributed by atoms with Gasteiger partial charge in [-0.3, -0.25) is 9.69 Å². The van der Waals surface area contributed by atoms with E-state index < -0.39 is 9.84 Å². The molecule has 0 N–H and O–H groups in total. The number of carbonyl (C=O) groups is 1. The van der Waals surface area contributed by atoms with E-state index in [1.807, 2.05) is 23.3 Å². The molecule has 5 nitrogen and oxygen atoms in total. The summed E-state index contributed by atoms with van der Waals surface area (Å²) in [4.78, 5) is 17.5. The van der Waals surface area contributed by atoms with Gasteiger partial charge in [-0.25, -0.2) is 8.42 Å². The zero-order chi connectivity index (χ0) is 15.7. The summed E-state index contributed by atoms with van der Waals surface area (Å²) in [6, 6.07) is 2.32. The first-order chi connectivity index (χ1) is 10.4. The minimum absolute atomic E-state index is 0.129. The lowest BCUT2D eigenvalue weighted by molar-refractivity contribution is 0.0562. The summed E-state index contributed by atoms with van der Waals surface area (Å²) in [6.07, 6.45) is 1.47. The fourth-order valence-electron chi connectivity index (χ4n) is 3.23. The first-order valence-corrected chi connectivity index (χ1v) is 10.4. The molecule has 1 amide bonds. The van der Waals surface area contributed by atoms with Crippen LogP contribution in [0.2, 0.25) is 0 Å². The van der Waals surface area contributed by atoms with Crippen LogP contribution in [-0.4, -0.2) is 67.9 Å². The Kier molecular flexibility index (Phi) is 4.56. The summed E-state index contributed by atoms with van der Waals surface area (Å²) in [5.41, 5.74) is 1.13. The predicted molar refractivity (Wildman–Crippen MR) is 88.2 cm³/mol. The smallest absolute Gasteiger partial charge is 0.264 e. The van der Waals surface area contributed by atoms with E-state index in [0.29, 0.717) is 17.5 Å². The van der Waals surface area contributed by atoms with E-state index in [1.165, 1.54) is 11.3 Å². The van der Waals surface area contributed by atoms with E-state index in [-0.39, 0.29) is 5.91 Å². The summed E-state index contributed by atoms with van der Waals surface area (Å²) in [5.74, 6) is 0.750. The van der Waals surface area contributed by atoms with Gasteiger partial charge in [-0.1, -0.05) is 0 Å². The average Bonchev–Trinajstić information content (AvgIpc) is 2.93. The molecule has 122 valence electrons. The van der Waals surface area contributed by atoms with E-state index in [1.54, 1.807) is 0 Å². The Hall–Kier alpha value is -0.920. The van der Waals surface area contributed by atoms with Crippen LogP contribution in [0, 0.1) is 6.92 Å². The minimum atomic E-state index is -2.80. The molecule has 0 spiro atoms. The van der Waals surface area contributed by atoms with Gasteiger partial charge in [0.25, 0.3) is 5.91 Å². The largest absolute Gasteiger partial charge is 0.335 e. The molecule has 3 rings (SSSR count). The predicted octanol–water partition coefficient (Wildman–Crippen LogP) is 1.39. The zero-order valence-corrected chi connectivity index (χ0v) is 14.5. The number of sulfone groups is 1. The maximum Gasteiger partial charge on any atom is 0.264 e. The lowest BCUT2D eigenvalue weighted by Gasteiger charge is -2.40.